The third kappa shape index (κ3) is 3.47. The highest BCUT2D eigenvalue weighted by molar-refractivity contribution is 7.85. The monoisotopic (exact) mass is 348 g/mol. The molecule has 3 aromatic rings. The molecule has 124 valence electrons. The van der Waals surface area contributed by atoms with Crippen LogP contribution in [0, 0.1) is 0 Å². The summed E-state index contributed by atoms with van der Waals surface area (Å²) >= 11 is 0. The van der Waals surface area contributed by atoms with Gasteiger partial charge in [-0.25, -0.2) is 4.79 Å². The van der Waals surface area contributed by atoms with Crippen LogP contribution in [0.5, 0.6) is 5.75 Å². The first kappa shape index (κ1) is 16.9. The molecule has 0 fully saturated rings. The SMILES string of the molecule is C=CC(=O)Oc1ccc(P(=O)(c2ccccc2)c2ccccc2)cc1. The zero-order valence-electron chi connectivity index (χ0n) is 13.5. The highest BCUT2D eigenvalue weighted by Gasteiger charge is 2.29. The Morgan fingerprint density at radius 1 is 0.760 bits per heavy atom. The molecule has 3 aromatic carbocycles. The van der Waals surface area contributed by atoms with Gasteiger partial charge in [0.25, 0.3) is 0 Å². The number of rotatable bonds is 5. The summed E-state index contributed by atoms with van der Waals surface area (Å²) in [6.07, 6.45) is 1.10. The summed E-state index contributed by atoms with van der Waals surface area (Å²) in [4.78, 5) is 11.3. The first-order chi connectivity index (χ1) is 12.1. The van der Waals surface area contributed by atoms with Crippen LogP contribution in [0.2, 0.25) is 0 Å². The molecule has 0 amide bonds. The summed E-state index contributed by atoms with van der Waals surface area (Å²) in [5.41, 5.74) is 0. The normalized spacial score (nSPS) is 10.9. The van der Waals surface area contributed by atoms with Crippen LogP contribution >= 0.6 is 7.14 Å². The summed E-state index contributed by atoms with van der Waals surface area (Å²) in [5.74, 6) is -0.136. The number of carbonyl (C=O) groups is 1. The van der Waals surface area contributed by atoms with E-state index in [-0.39, 0.29) is 0 Å². The van der Waals surface area contributed by atoms with Gasteiger partial charge in [-0.1, -0.05) is 67.2 Å². The Labute approximate surface area is 147 Å². The second-order valence-electron chi connectivity index (χ2n) is 5.40. The number of benzene rings is 3. The Hall–Kier alpha value is -2.90. The maximum absolute atomic E-state index is 14.1. The lowest BCUT2D eigenvalue weighted by Gasteiger charge is -2.20. The van der Waals surface area contributed by atoms with E-state index in [0.29, 0.717) is 11.1 Å². The van der Waals surface area contributed by atoms with E-state index >= 15 is 0 Å². The lowest BCUT2D eigenvalue weighted by molar-refractivity contribution is -0.128. The molecule has 0 N–H and O–H groups in total. The van der Waals surface area contributed by atoms with Crippen molar-refractivity contribution >= 4 is 29.0 Å². The maximum Gasteiger partial charge on any atom is 0.335 e. The lowest BCUT2D eigenvalue weighted by Crippen LogP contribution is -2.24. The zero-order valence-corrected chi connectivity index (χ0v) is 14.4. The van der Waals surface area contributed by atoms with Crippen molar-refractivity contribution in [1.29, 1.82) is 0 Å². The second-order valence-corrected chi connectivity index (χ2v) is 8.17. The van der Waals surface area contributed by atoms with Gasteiger partial charge in [-0.05, 0) is 24.3 Å². The molecule has 3 rings (SSSR count). The van der Waals surface area contributed by atoms with Gasteiger partial charge in [-0.15, -0.1) is 0 Å². The summed E-state index contributed by atoms with van der Waals surface area (Å²) in [7, 11) is -3.00. The minimum Gasteiger partial charge on any atom is -0.423 e. The van der Waals surface area contributed by atoms with Crippen molar-refractivity contribution < 1.29 is 14.1 Å². The van der Waals surface area contributed by atoms with E-state index in [0.717, 1.165) is 16.7 Å². The molecule has 0 bridgehead atoms. The molecule has 0 atom stereocenters. The van der Waals surface area contributed by atoms with Crippen LogP contribution in [-0.4, -0.2) is 5.97 Å². The van der Waals surface area contributed by atoms with Gasteiger partial charge in [-0.3, -0.25) is 0 Å². The van der Waals surface area contributed by atoms with E-state index in [1.165, 1.54) is 0 Å². The molecule has 0 saturated carbocycles. The van der Waals surface area contributed by atoms with E-state index in [1.54, 1.807) is 24.3 Å². The van der Waals surface area contributed by atoms with E-state index in [1.807, 2.05) is 60.7 Å². The van der Waals surface area contributed by atoms with Gasteiger partial charge < -0.3 is 9.30 Å². The van der Waals surface area contributed by atoms with Crippen molar-refractivity contribution in [3.8, 4) is 5.75 Å². The number of carbonyl (C=O) groups excluding carboxylic acids is 1. The standard InChI is InChI=1S/C21H17O3P/c1-2-21(22)24-17-13-15-20(16-14-17)25(23,18-9-5-3-6-10-18)19-11-7-4-8-12-19/h2-16H,1H2. The fourth-order valence-corrected chi connectivity index (χ4v) is 5.25. The number of esters is 1. The van der Waals surface area contributed by atoms with E-state index < -0.39 is 13.1 Å². The van der Waals surface area contributed by atoms with Crippen LogP contribution in [0.15, 0.2) is 97.6 Å². The fraction of sp³-hybridized carbons (Fsp3) is 0. The van der Waals surface area contributed by atoms with Crippen LogP contribution in [0.3, 0.4) is 0 Å². The zero-order chi connectivity index (χ0) is 17.7. The molecule has 0 aromatic heterocycles. The van der Waals surface area contributed by atoms with Gasteiger partial charge in [0, 0.05) is 22.0 Å². The van der Waals surface area contributed by atoms with Gasteiger partial charge in [0.15, 0.2) is 7.14 Å². The lowest BCUT2D eigenvalue weighted by atomic mass is 10.3. The summed E-state index contributed by atoms with van der Waals surface area (Å²) in [6, 6.07) is 25.6. The van der Waals surface area contributed by atoms with Gasteiger partial charge >= 0.3 is 5.97 Å². The molecule has 0 unspecified atom stereocenters. The maximum atomic E-state index is 14.1. The van der Waals surface area contributed by atoms with Crippen LogP contribution in [0.4, 0.5) is 0 Å². The van der Waals surface area contributed by atoms with Gasteiger partial charge in [-0.2, -0.15) is 0 Å². The molecule has 0 spiro atoms. The highest BCUT2D eigenvalue weighted by atomic mass is 31.2. The third-order valence-corrected chi connectivity index (χ3v) is 6.90. The van der Waals surface area contributed by atoms with Crippen molar-refractivity contribution in [3.05, 3.63) is 97.6 Å². The summed E-state index contributed by atoms with van der Waals surface area (Å²) in [5, 5.41) is 2.21. The van der Waals surface area contributed by atoms with E-state index in [2.05, 4.69) is 6.58 Å². The van der Waals surface area contributed by atoms with Crippen LogP contribution in [-0.2, 0) is 9.36 Å². The molecule has 3 nitrogen and oxygen atoms in total. The molecule has 0 saturated heterocycles. The molecular formula is C21H17O3P. The molecule has 0 aliphatic rings. The second kappa shape index (κ2) is 7.33. The Bertz CT molecular complexity index is 873. The van der Waals surface area contributed by atoms with Crippen LogP contribution in [0.25, 0.3) is 0 Å². The van der Waals surface area contributed by atoms with E-state index in [4.69, 9.17) is 4.74 Å². The molecular weight excluding hydrogens is 331 g/mol. The first-order valence-corrected chi connectivity index (χ1v) is 9.51. The van der Waals surface area contributed by atoms with Crippen molar-refractivity contribution in [3.63, 3.8) is 0 Å². The quantitative estimate of drug-likeness (QED) is 0.307. The van der Waals surface area contributed by atoms with Crippen LogP contribution < -0.4 is 20.7 Å². The van der Waals surface area contributed by atoms with Crippen molar-refractivity contribution in [2.75, 3.05) is 0 Å². The molecule has 4 heteroatoms. The fourth-order valence-electron chi connectivity index (χ4n) is 2.60. The highest BCUT2D eigenvalue weighted by Crippen LogP contribution is 2.42. The predicted octanol–water partition coefficient (Wildman–Crippen LogP) is 3.42. The average molecular weight is 348 g/mol. The minimum absolute atomic E-state index is 0.390. The van der Waals surface area contributed by atoms with Crippen molar-refractivity contribution in [2.45, 2.75) is 0 Å². The van der Waals surface area contributed by atoms with E-state index in [9.17, 15) is 9.36 Å². The average Bonchev–Trinajstić information content (AvgIpc) is 2.69. The number of ether oxygens (including phenoxy) is 1. The summed E-state index contributed by atoms with van der Waals surface area (Å²) < 4.78 is 19.2. The topological polar surface area (TPSA) is 43.4 Å². The first-order valence-electron chi connectivity index (χ1n) is 7.81. The Kier molecular flexibility index (Phi) is 4.97. The predicted molar refractivity (Wildman–Crippen MR) is 102 cm³/mol. The molecule has 0 aliphatic heterocycles. The van der Waals surface area contributed by atoms with Gasteiger partial charge in [0.2, 0.25) is 0 Å². The Balaban J connectivity index is 2.09. The number of hydrogen-bond donors (Lipinski definition) is 0. The minimum atomic E-state index is -3.00. The molecule has 0 heterocycles. The van der Waals surface area contributed by atoms with Gasteiger partial charge in [0.1, 0.15) is 5.75 Å². The van der Waals surface area contributed by atoms with Crippen molar-refractivity contribution in [2.24, 2.45) is 0 Å². The molecule has 0 aliphatic carbocycles. The smallest absolute Gasteiger partial charge is 0.335 e. The molecule has 25 heavy (non-hydrogen) atoms. The summed E-state index contributed by atoms with van der Waals surface area (Å²) in [6.45, 7) is 3.37. The Morgan fingerprint density at radius 2 is 1.20 bits per heavy atom. The molecule has 0 radical (unpaired) electrons. The van der Waals surface area contributed by atoms with Gasteiger partial charge in [0.05, 0.1) is 0 Å². The largest absolute Gasteiger partial charge is 0.423 e. The third-order valence-electron chi connectivity index (χ3n) is 3.83. The van der Waals surface area contributed by atoms with Crippen LogP contribution in [0.1, 0.15) is 0 Å². The number of hydrogen-bond acceptors (Lipinski definition) is 3. The Morgan fingerprint density at radius 3 is 1.64 bits per heavy atom. The van der Waals surface area contributed by atoms with Crippen molar-refractivity contribution in [1.82, 2.24) is 0 Å².